The van der Waals surface area contributed by atoms with Crippen molar-refractivity contribution in [3.63, 3.8) is 0 Å². The zero-order chi connectivity index (χ0) is 9.42. The fraction of sp³-hybridized carbons (Fsp3) is 0.100. The number of allylic oxidation sites excluding steroid dienone is 2. The molecule has 0 bridgehead atoms. The van der Waals surface area contributed by atoms with Gasteiger partial charge in [-0.15, -0.1) is 0 Å². The molecule has 0 atom stereocenters. The second kappa shape index (κ2) is 2.62. The van der Waals surface area contributed by atoms with Gasteiger partial charge in [-0.25, -0.2) is 0 Å². The van der Waals surface area contributed by atoms with E-state index in [4.69, 9.17) is 0 Å². The summed E-state index contributed by atoms with van der Waals surface area (Å²) in [5.41, 5.74) is 1.56. The molecular weight excluding hydrogens is 166 g/mol. The summed E-state index contributed by atoms with van der Waals surface area (Å²) >= 11 is 0. The summed E-state index contributed by atoms with van der Waals surface area (Å²) in [6.07, 6.45) is 4.13. The molecule has 64 valence electrons. The van der Waals surface area contributed by atoms with Gasteiger partial charge in [-0.05, 0) is 30.7 Å². The summed E-state index contributed by atoms with van der Waals surface area (Å²) in [5, 5.41) is 0. The van der Waals surface area contributed by atoms with E-state index in [9.17, 15) is 9.59 Å². The first-order chi connectivity index (χ1) is 6.18. The Hall–Kier alpha value is -1.77. The highest BCUT2D eigenvalue weighted by molar-refractivity contribution is 6.21. The van der Waals surface area contributed by atoms with Crippen LogP contribution in [0.2, 0.25) is 0 Å². The third-order valence-corrected chi connectivity index (χ3v) is 1.91. The van der Waals surface area contributed by atoms with Crippen LogP contribution in [0.3, 0.4) is 0 Å². The quantitative estimate of drug-likeness (QED) is 0.594. The van der Waals surface area contributed by atoms with Crippen LogP contribution in [-0.4, -0.2) is 16.6 Å². The molecule has 0 unspecified atom stereocenters. The average Bonchev–Trinajstić information content (AvgIpc) is 2.12. The Balaban J connectivity index is 2.69. The van der Waals surface area contributed by atoms with Gasteiger partial charge in [-0.2, -0.15) is 0 Å². The molecule has 2 rings (SSSR count). The molecule has 0 radical (unpaired) electrons. The first-order valence-electron chi connectivity index (χ1n) is 3.92. The molecule has 3 heteroatoms. The van der Waals surface area contributed by atoms with Crippen LogP contribution in [0.25, 0.3) is 0 Å². The lowest BCUT2D eigenvalue weighted by molar-refractivity contribution is 0.0990. The van der Waals surface area contributed by atoms with E-state index < -0.39 is 0 Å². The minimum Gasteiger partial charge on any atom is -0.289 e. The number of carbonyl (C=O) groups is 2. The van der Waals surface area contributed by atoms with E-state index in [1.165, 1.54) is 12.2 Å². The predicted molar refractivity (Wildman–Crippen MR) is 46.8 cm³/mol. The van der Waals surface area contributed by atoms with Crippen LogP contribution in [0.5, 0.6) is 0 Å². The Kier molecular flexibility index (Phi) is 1.59. The molecule has 1 aromatic rings. The Morgan fingerprint density at radius 1 is 1.15 bits per heavy atom. The molecule has 0 saturated carbocycles. The molecule has 1 aromatic heterocycles. The number of hydrogen-bond donors (Lipinski definition) is 0. The van der Waals surface area contributed by atoms with Gasteiger partial charge in [0.2, 0.25) is 5.78 Å². The highest BCUT2D eigenvalue weighted by Gasteiger charge is 2.19. The van der Waals surface area contributed by atoms with Crippen molar-refractivity contribution in [2.75, 3.05) is 0 Å². The van der Waals surface area contributed by atoms with E-state index in [1.54, 1.807) is 12.3 Å². The lowest BCUT2D eigenvalue weighted by Crippen LogP contribution is -2.13. The summed E-state index contributed by atoms with van der Waals surface area (Å²) in [7, 11) is 0. The summed E-state index contributed by atoms with van der Waals surface area (Å²) in [4.78, 5) is 26.5. The van der Waals surface area contributed by atoms with Gasteiger partial charge >= 0.3 is 0 Å². The van der Waals surface area contributed by atoms with E-state index in [1.807, 2.05) is 6.92 Å². The standard InChI is InChI=1S/C10H7NO2/c1-6-4-7-8(12)2-3-9(13)10(7)11-5-6/h2-5H,1H3. The zero-order valence-corrected chi connectivity index (χ0v) is 7.07. The molecule has 0 amide bonds. The van der Waals surface area contributed by atoms with Crippen LogP contribution in [-0.2, 0) is 0 Å². The van der Waals surface area contributed by atoms with Crippen molar-refractivity contribution in [3.8, 4) is 0 Å². The number of fused-ring (bicyclic) bond motifs is 1. The number of pyridine rings is 1. The minimum atomic E-state index is -0.199. The van der Waals surface area contributed by atoms with E-state index in [-0.39, 0.29) is 17.3 Å². The third kappa shape index (κ3) is 1.18. The largest absolute Gasteiger partial charge is 0.289 e. The molecule has 1 aliphatic carbocycles. The SMILES string of the molecule is Cc1cnc2c(c1)C(=O)C=CC2=O. The number of nitrogens with zero attached hydrogens (tertiary/aromatic N) is 1. The number of aryl methyl sites for hydroxylation is 1. The first kappa shape index (κ1) is 7.86. The topological polar surface area (TPSA) is 47.0 Å². The van der Waals surface area contributed by atoms with Crippen LogP contribution < -0.4 is 0 Å². The summed E-state index contributed by atoms with van der Waals surface area (Å²) in [6, 6.07) is 1.69. The third-order valence-electron chi connectivity index (χ3n) is 1.91. The normalized spacial score (nSPS) is 14.5. The number of ketones is 2. The van der Waals surface area contributed by atoms with E-state index in [2.05, 4.69) is 4.98 Å². The van der Waals surface area contributed by atoms with Crippen molar-refractivity contribution in [3.05, 3.63) is 41.2 Å². The van der Waals surface area contributed by atoms with Gasteiger partial charge in [0.25, 0.3) is 0 Å². The smallest absolute Gasteiger partial charge is 0.205 e. The van der Waals surface area contributed by atoms with Crippen molar-refractivity contribution in [2.24, 2.45) is 0 Å². The zero-order valence-electron chi connectivity index (χ0n) is 7.07. The highest BCUT2D eigenvalue weighted by Crippen LogP contribution is 2.15. The van der Waals surface area contributed by atoms with Gasteiger partial charge in [0.1, 0.15) is 5.69 Å². The summed E-state index contributed by atoms with van der Waals surface area (Å²) in [6.45, 7) is 1.84. The van der Waals surface area contributed by atoms with Crippen molar-refractivity contribution in [1.82, 2.24) is 4.98 Å². The van der Waals surface area contributed by atoms with Gasteiger partial charge in [0.05, 0.1) is 5.56 Å². The molecule has 0 aromatic carbocycles. The van der Waals surface area contributed by atoms with Crippen molar-refractivity contribution >= 4 is 11.6 Å². The first-order valence-corrected chi connectivity index (χ1v) is 3.92. The molecule has 0 saturated heterocycles. The van der Waals surface area contributed by atoms with Crippen molar-refractivity contribution in [1.29, 1.82) is 0 Å². The van der Waals surface area contributed by atoms with Crippen LogP contribution >= 0.6 is 0 Å². The molecular formula is C10H7NO2. The molecule has 0 N–H and O–H groups in total. The molecule has 13 heavy (non-hydrogen) atoms. The average molecular weight is 173 g/mol. The monoisotopic (exact) mass is 173 g/mol. The minimum absolute atomic E-state index is 0.147. The van der Waals surface area contributed by atoms with Gasteiger partial charge < -0.3 is 0 Å². The Morgan fingerprint density at radius 3 is 2.62 bits per heavy atom. The molecule has 0 fully saturated rings. The maximum atomic E-state index is 11.3. The fourth-order valence-corrected chi connectivity index (χ4v) is 1.27. The van der Waals surface area contributed by atoms with Crippen LogP contribution in [0.4, 0.5) is 0 Å². The molecule has 0 aliphatic heterocycles. The van der Waals surface area contributed by atoms with Crippen molar-refractivity contribution in [2.45, 2.75) is 6.92 Å². The molecule has 1 aliphatic rings. The van der Waals surface area contributed by atoms with Gasteiger partial charge in [0, 0.05) is 6.20 Å². The second-order valence-electron chi connectivity index (χ2n) is 2.97. The number of carbonyl (C=O) groups excluding carboxylic acids is 2. The van der Waals surface area contributed by atoms with Crippen LogP contribution in [0.15, 0.2) is 24.4 Å². The van der Waals surface area contributed by atoms with Crippen LogP contribution in [0.1, 0.15) is 26.4 Å². The molecule has 0 spiro atoms. The number of aromatic nitrogens is 1. The van der Waals surface area contributed by atoms with Crippen LogP contribution in [0, 0.1) is 6.92 Å². The van der Waals surface area contributed by atoms with Gasteiger partial charge in [-0.3, -0.25) is 14.6 Å². The van der Waals surface area contributed by atoms with E-state index in [0.717, 1.165) is 5.56 Å². The van der Waals surface area contributed by atoms with E-state index >= 15 is 0 Å². The summed E-state index contributed by atoms with van der Waals surface area (Å²) < 4.78 is 0. The second-order valence-corrected chi connectivity index (χ2v) is 2.97. The highest BCUT2D eigenvalue weighted by atomic mass is 16.1. The Bertz CT molecular complexity index is 433. The van der Waals surface area contributed by atoms with E-state index in [0.29, 0.717) is 5.56 Å². The Morgan fingerprint density at radius 2 is 1.85 bits per heavy atom. The Labute approximate surface area is 75.1 Å². The van der Waals surface area contributed by atoms with Gasteiger partial charge in [0.15, 0.2) is 5.78 Å². The number of rotatable bonds is 0. The maximum Gasteiger partial charge on any atom is 0.205 e. The fourth-order valence-electron chi connectivity index (χ4n) is 1.27. The lowest BCUT2D eigenvalue weighted by atomic mass is 9.99. The number of hydrogen-bond acceptors (Lipinski definition) is 3. The summed E-state index contributed by atoms with van der Waals surface area (Å²) in [5.74, 6) is -0.347. The maximum absolute atomic E-state index is 11.3. The lowest BCUT2D eigenvalue weighted by Gasteiger charge is -2.07. The molecule has 1 heterocycles. The van der Waals surface area contributed by atoms with Crippen molar-refractivity contribution < 1.29 is 9.59 Å². The molecule has 3 nitrogen and oxygen atoms in total. The van der Waals surface area contributed by atoms with Gasteiger partial charge in [-0.1, -0.05) is 0 Å². The predicted octanol–water partition coefficient (Wildman–Crippen LogP) is 1.33.